The molecule has 5 heteroatoms. The van der Waals surface area contributed by atoms with Crippen LogP contribution in [0.1, 0.15) is 11.6 Å². The summed E-state index contributed by atoms with van der Waals surface area (Å²) in [5, 5.41) is 6.44. The van der Waals surface area contributed by atoms with E-state index >= 15 is 0 Å². The molecule has 0 radical (unpaired) electrons. The maximum absolute atomic E-state index is 11.3. The molecule has 1 aliphatic rings. The highest BCUT2D eigenvalue weighted by atomic mass is 35.5. The first-order valence-electron chi connectivity index (χ1n) is 6.29. The molecule has 0 unspecified atom stereocenters. The van der Waals surface area contributed by atoms with Crippen LogP contribution in [-0.2, 0) is 0 Å². The summed E-state index contributed by atoms with van der Waals surface area (Å²) in [6.45, 7) is 0.622. The molecule has 0 spiro atoms. The van der Waals surface area contributed by atoms with Crippen LogP contribution >= 0.6 is 23.4 Å². The van der Waals surface area contributed by atoms with Crippen molar-refractivity contribution in [3.63, 3.8) is 0 Å². The Morgan fingerprint density at radius 2 is 1.85 bits per heavy atom. The van der Waals surface area contributed by atoms with Gasteiger partial charge in [-0.1, -0.05) is 41.6 Å². The highest BCUT2D eigenvalue weighted by Gasteiger charge is 2.23. The van der Waals surface area contributed by atoms with Gasteiger partial charge in [-0.05, 0) is 35.9 Å². The van der Waals surface area contributed by atoms with E-state index in [0.29, 0.717) is 6.54 Å². The monoisotopic (exact) mass is 304 g/mol. The van der Waals surface area contributed by atoms with Crippen molar-refractivity contribution in [2.75, 3.05) is 6.54 Å². The average Bonchev–Trinajstić information content (AvgIpc) is 2.88. The number of rotatable bonds is 3. The fraction of sp³-hybridized carbons (Fsp3) is 0.133. The molecule has 0 aromatic heterocycles. The van der Waals surface area contributed by atoms with Gasteiger partial charge in [0.1, 0.15) is 0 Å². The van der Waals surface area contributed by atoms with E-state index in [-0.39, 0.29) is 12.1 Å². The lowest BCUT2D eigenvalue weighted by atomic mass is 10.1. The molecular weight excluding hydrogens is 292 g/mol. The number of benzene rings is 2. The van der Waals surface area contributed by atoms with Crippen molar-refractivity contribution in [3.05, 3.63) is 59.1 Å². The zero-order valence-corrected chi connectivity index (χ0v) is 12.2. The van der Waals surface area contributed by atoms with Gasteiger partial charge < -0.3 is 10.6 Å². The first-order chi connectivity index (χ1) is 9.72. The summed E-state index contributed by atoms with van der Waals surface area (Å²) in [6, 6.07) is 15.8. The molecule has 3 rings (SSSR count). The molecule has 102 valence electrons. The fourth-order valence-corrected chi connectivity index (χ4v) is 3.26. The number of urea groups is 1. The molecular formula is C15H13ClN2OS. The van der Waals surface area contributed by atoms with Crippen molar-refractivity contribution in [2.45, 2.75) is 15.8 Å². The van der Waals surface area contributed by atoms with Gasteiger partial charge in [0, 0.05) is 21.4 Å². The summed E-state index contributed by atoms with van der Waals surface area (Å²) in [5.41, 5.74) is 1.13. The average molecular weight is 305 g/mol. The predicted octanol–water partition coefficient (Wildman–Crippen LogP) is 3.85. The molecule has 0 bridgehead atoms. The molecule has 20 heavy (non-hydrogen) atoms. The molecule has 1 atom stereocenters. The van der Waals surface area contributed by atoms with Crippen molar-refractivity contribution in [1.82, 2.24) is 10.6 Å². The van der Waals surface area contributed by atoms with Crippen LogP contribution in [-0.4, -0.2) is 12.6 Å². The number of hydrogen-bond acceptors (Lipinski definition) is 2. The number of nitrogens with one attached hydrogen (secondary N) is 2. The Kier molecular flexibility index (Phi) is 3.85. The summed E-state index contributed by atoms with van der Waals surface area (Å²) in [6.07, 6.45) is 0. The maximum Gasteiger partial charge on any atom is 0.315 e. The van der Waals surface area contributed by atoms with Crippen molar-refractivity contribution < 1.29 is 4.79 Å². The first kappa shape index (κ1) is 13.3. The van der Waals surface area contributed by atoms with Gasteiger partial charge in [0.15, 0.2) is 0 Å². The van der Waals surface area contributed by atoms with Crippen LogP contribution < -0.4 is 10.6 Å². The Hall–Kier alpha value is -1.65. The third-order valence-electron chi connectivity index (χ3n) is 3.11. The van der Waals surface area contributed by atoms with Gasteiger partial charge in [-0.3, -0.25) is 0 Å². The number of amides is 2. The van der Waals surface area contributed by atoms with Gasteiger partial charge in [-0.15, -0.1) is 0 Å². The molecule has 1 aliphatic heterocycles. The second-order valence-corrected chi connectivity index (χ2v) is 6.05. The summed E-state index contributed by atoms with van der Waals surface area (Å²) in [7, 11) is 0. The molecule has 1 fully saturated rings. The van der Waals surface area contributed by atoms with E-state index in [1.54, 1.807) is 11.8 Å². The minimum Gasteiger partial charge on any atom is -0.336 e. The predicted molar refractivity (Wildman–Crippen MR) is 81.3 cm³/mol. The van der Waals surface area contributed by atoms with Gasteiger partial charge in [-0.25, -0.2) is 4.79 Å². The van der Waals surface area contributed by atoms with Gasteiger partial charge in [0.25, 0.3) is 0 Å². The number of halogens is 1. The largest absolute Gasteiger partial charge is 0.336 e. The molecule has 0 saturated carbocycles. The minimum absolute atomic E-state index is 0.0264. The van der Waals surface area contributed by atoms with Crippen molar-refractivity contribution in [1.29, 1.82) is 0 Å². The van der Waals surface area contributed by atoms with Crippen molar-refractivity contribution in [2.24, 2.45) is 0 Å². The zero-order valence-electron chi connectivity index (χ0n) is 10.6. The van der Waals surface area contributed by atoms with Crippen LogP contribution in [0.5, 0.6) is 0 Å². The summed E-state index contributed by atoms with van der Waals surface area (Å²) < 4.78 is 0. The van der Waals surface area contributed by atoms with E-state index in [1.165, 1.54) is 0 Å². The highest BCUT2D eigenvalue weighted by molar-refractivity contribution is 7.99. The summed E-state index contributed by atoms with van der Waals surface area (Å²) >= 11 is 7.57. The van der Waals surface area contributed by atoms with E-state index in [1.807, 2.05) is 36.4 Å². The topological polar surface area (TPSA) is 41.1 Å². The van der Waals surface area contributed by atoms with Gasteiger partial charge in [0.05, 0.1) is 6.04 Å². The number of hydrogen-bond donors (Lipinski definition) is 2. The number of carbonyl (C=O) groups excluding carboxylic acids is 1. The third-order valence-corrected chi connectivity index (χ3v) is 4.46. The second kappa shape index (κ2) is 5.77. The molecule has 0 aliphatic carbocycles. The maximum atomic E-state index is 11.3. The highest BCUT2D eigenvalue weighted by Crippen LogP contribution is 2.34. The van der Waals surface area contributed by atoms with Crippen LogP contribution in [0.2, 0.25) is 5.02 Å². The van der Waals surface area contributed by atoms with Crippen LogP contribution in [0.15, 0.2) is 58.3 Å². The quantitative estimate of drug-likeness (QED) is 0.904. The van der Waals surface area contributed by atoms with Crippen LogP contribution in [0.4, 0.5) is 4.79 Å². The van der Waals surface area contributed by atoms with Crippen LogP contribution in [0.25, 0.3) is 0 Å². The molecule has 2 amide bonds. The van der Waals surface area contributed by atoms with Gasteiger partial charge >= 0.3 is 6.03 Å². The minimum atomic E-state index is -0.110. The lowest BCUT2D eigenvalue weighted by Crippen LogP contribution is -2.21. The van der Waals surface area contributed by atoms with E-state index in [9.17, 15) is 4.79 Å². The van der Waals surface area contributed by atoms with E-state index in [4.69, 9.17) is 11.6 Å². The SMILES string of the molecule is O=C1NC[C@H](c2ccccc2Sc2ccc(Cl)cc2)N1. The zero-order chi connectivity index (χ0) is 13.9. The van der Waals surface area contributed by atoms with E-state index in [0.717, 1.165) is 20.4 Å². The van der Waals surface area contributed by atoms with Crippen LogP contribution in [0, 0.1) is 0 Å². The molecule has 2 aromatic rings. The van der Waals surface area contributed by atoms with Crippen LogP contribution in [0.3, 0.4) is 0 Å². The number of carbonyl (C=O) groups is 1. The lowest BCUT2D eigenvalue weighted by Gasteiger charge is -2.14. The Bertz CT molecular complexity index is 630. The Balaban J connectivity index is 1.86. The van der Waals surface area contributed by atoms with Crippen molar-refractivity contribution in [3.8, 4) is 0 Å². The third kappa shape index (κ3) is 2.92. The standard InChI is InChI=1S/C15H13ClN2OS/c16-10-5-7-11(8-6-10)20-14-4-2-1-3-12(14)13-9-17-15(19)18-13/h1-8,13H,9H2,(H2,17,18,19)/t13-/m1/s1. The smallest absolute Gasteiger partial charge is 0.315 e. The molecule has 2 aromatic carbocycles. The molecule has 3 nitrogen and oxygen atoms in total. The summed E-state index contributed by atoms with van der Waals surface area (Å²) in [4.78, 5) is 13.6. The second-order valence-electron chi connectivity index (χ2n) is 4.50. The first-order valence-corrected chi connectivity index (χ1v) is 7.48. The van der Waals surface area contributed by atoms with Gasteiger partial charge in [0.2, 0.25) is 0 Å². The fourth-order valence-electron chi connectivity index (χ4n) is 2.13. The van der Waals surface area contributed by atoms with E-state index in [2.05, 4.69) is 22.8 Å². The van der Waals surface area contributed by atoms with Crippen molar-refractivity contribution >= 4 is 29.4 Å². The Morgan fingerprint density at radius 1 is 1.10 bits per heavy atom. The lowest BCUT2D eigenvalue weighted by molar-refractivity contribution is 0.247. The Morgan fingerprint density at radius 3 is 2.55 bits per heavy atom. The summed E-state index contributed by atoms with van der Waals surface area (Å²) in [5.74, 6) is 0. The molecule has 1 saturated heterocycles. The molecule has 1 heterocycles. The molecule has 2 N–H and O–H groups in total. The van der Waals surface area contributed by atoms with Gasteiger partial charge in [-0.2, -0.15) is 0 Å². The van der Waals surface area contributed by atoms with E-state index < -0.39 is 0 Å². The Labute approximate surface area is 126 Å². The normalized spacial score (nSPS) is 17.6.